The SMILES string of the molecule is COc1ccc(F)c(-c2cc(Nc3ccncc3)c3cccnc3n2)c1. The van der Waals surface area contributed by atoms with Gasteiger partial charge in [-0.1, -0.05) is 0 Å². The number of methoxy groups -OCH3 is 1. The zero-order valence-electron chi connectivity index (χ0n) is 14.0. The van der Waals surface area contributed by atoms with Crippen LogP contribution < -0.4 is 10.1 Å². The Hall–Kier alpha value is -3.54. The van der Waals surface area contributed by atoms with Crippen LogP contribution in [0, 0.1) is 5.82 Å². The molecule has 0 unspecified atom stereocenters. The number of hydrogen-bond donors (Lipinski definition) is 1. The van der Waals surface area contributed by atoms with Gasteiger partial charge in [0.25, 0.3) is 0 Å². The maximum Gasteiger partial charge on any atom is 0.161 e. The van der Waals surface area contributed by atoms with Crippen molar-refractivity contribution in [2.24, 2.45) is 0 Å². The summed E-state index contributed by atoms with van der Waals surface area (Å²) >= 11 is 0. The Bertz CT molecular complexity index is 1070. The van der Waals surface area contributed by atoms with Gasteiger partial charge in [0.15, 0.2) is 5.65 Å². The number of fused-ring (bicyclic) bond motifs is 1. The van der Waals surface area contributed by atoms with E-state index in [-0.39, 0.29) is 5.82 Å². The smallest absolute Gasteiger partial charge is 0.161 e. The molecule has 0 saturated heterocycles. The fraction of sp³-hybridized carbons (Fsp3) is 0.0500. The Morgan fingerprint density at radius 3 is 2.65 bits per heavy atom. The highest BCUT2D eigenvalue weighted by Crippen LogP contribution is 2.32. The van der Waals surface area contributed by atoms with Crippen molar-refractivity contribution >= 4 is 22.4 Å². The lowest BCUT2D eigenvalue weighted by Crippen LogP contribution is -1.97. The van der Waals surface area contributed by atoms with Crippen LogP contribution in [0.15, 0.2) is 67.1 Å². The zero-order valence-corrected chi connectivity index (χ0v) is 14.0. The number of rotatable bonds is 4. The minimum absolute atomic E-state index is 0.356. The fourth-order valence-electron chi connectivity index (χ4n) is 2.72. The molecular formula is C20H15FN4O. The molecule has 0 aliphatic carbocycles. The zero-order chi connectivity index (χ0) is 17.9. The highest BCUT2D eigenvalue weighted by molar-refractivity contribution is 5.93. The van der Waals surface area contributed by atoms with Crippen LogP contribution in [0.3, 0.4) is 0 Å². The van der Waals surface area contributed by atoms with Crippen LogP contribution >= 0.6 is 0 Å². The predicted octanol–water partition coefficient (Wildman–Crippen LogP) is 4.58. The summed E-state index contributed by atoms with van der Waals surface area (Å²) in [5.74, 6) is 0.191. The summed E-state index contributed by atoms with van der Waals surface area (Å²) in [6, 6.07) is 13.9. The second-order valence-electron chi connectivity index (χ2n) is 5.64. The number of anilines is 2. The third kappa shape index (κ3) is 3.04. The molecule has 6 heteroatoms. The van der Waals surface area contributed by atoms with E-state index in [0.717, 1.165) is 16.8 Å². The maximum atomic E-state index is 14.4. The van der Waals surface area contributed by atoms with Gasteiger partial charge in [0.1, 0.15) is 11.6 Å². The number of nitrogens with zero attached hydrogens (tertiary/aromatic N) is 3. The minimum atomic E-state index is -0.372. The van der Waals surface area contributed by atoms with Crippen LogP contribution in [-0.4, -0.2) is 22.1 Å². The monoisotopic (exact) mass is 346 g/mol. The third-order valence-electron chi connectivity index (χ3n) is 3.99. The molecule has 0 amide bonds. The summed E-state index contributed by atoms with van der Waals surface area (Å²) in [4.78, 5) is 12.9. The first-order valence-electron chi connectivity index (χ1n) is 8.01. The molecule has 4 aromatic rings. The molecule has 26 heavy (non-hydrogen) atoms. The molecule has 0 saturated carbocycles. The lowest BCUT2D eigenvalue weighted by Gasteiger charge is -2.12. The molecule has 0 atom stereocenters. The lowest BCUT2D eigenvalue weighted by molar-refractivity contribution is 0.414. The maximum absolute atomic E-state index is 14.4. The first-order chi connectivity index (χ1) is 12.7. The molecule has 128 valence electrons. The van der Waals surface area contributed by atoms with Crippen molar-refractivity contribution in [2.45, 2.75) is 0 Å². The average Bonchev–Trinajstić information content (AvgIpc) is 2.69. The lowest BCUT2D eigenvalue weighted by atomic mass is 10.1. The molecule has 0 aliphatic heterocycles. The van der Waals surface area contributed by atoms with Crippen LogP contribution in [0.2, 0.25) is 0 Å². The van der Waals surface area contributed by atoms with Crippen LogP contribution in [-0.2, 0) is 0 Å². The standard InChI is InChI=1S/C20H15FN4O/c1-26-14-4-5-17(21)16(11-14)19-12-18(24-13-6-9-22-10-7-13)15-3-2-8-23-20(15)25-19/h2-12H,1H3,(H,22,23,24,25). The topological polar surface area (TPSA) is 59.9 Å². The van der Waals surface area contributed by atoms with Crippen LogP contribution in [0.25, 0.3) is 22.3 Å². The van der Waals surface area contributed by atoms with Crippen molar-refractivity contribution in [1.29, 1.82) is 0 Å². The highest BCUT2D eigenvalue weighted by atomic mass is 19.1. The summed E-state index contributed by atoms with van der Waals surface area (Å²) in [6.07, 6.45) is 5.07. The van der Waals surface area contributed by atoms with E-state index < -0.39 is 0 Å². The predicted molar refractivity (Wildman–Crippen MR) is 99.0 cm³/mol. The molecule has 0 fully saturated rings. The molecule has 5 nitrogen and oxygen atoms in total. The summed E-state index contributed by atoms with van der Waals surface area (Å²) in [5, 5.41) is 4.18. The van der Waals surface area contributed by atoms with E-state index in [1.807, 2.05) is 30.3 Å². The third-order valence-corrected chi connectivity index (χ3v) is 3.99. The average molecular weight is 346 g/mol. The number of pyridine rings is 3. The molecular weight excluding hydrogens is 331 g/mol. The Labute approximate surface area is 149 Å². The van der Waals surface area contributed by atoms with Crippen molar-refractivity contribution in [3.8, 4) is 17.0 Å². The van der Waals surface area contributed by atoms with Gasteiger partial charge >= 0.3 is 0 Å². The number of hydrogen-bond acceptors (Lipinski definition) is 5. The van der Waals surface area contributed by atoms with Crippen LogP contribution in [0.4, 0.5) is 15.8 Å². The van der Waals surface area contributed by atoms with E-state index in [9.17, 15) is 4.39 Å². The number of benzene rings is 1. The second-order valence-corrected chi connectivity index (χ2v) is 5.64. The van der Waals surface area contributed by atoms with E-state index in [1.165, 1.54) is 6.07 Å². The van der Waals surface area contributed by atoms with E-state index in [1.54, 1.807) is 37.8 Å². The van der Waals surface area contributed by atoms with Crippen LogP contribution in [0.5, 0.6) is 5.75 Å². The van der Waals surface area contributed by atoms with Gasteiger partial charge in [-0.05, 0) is 48.5 Å². The van der Waals surface area contributed by atoms with Gasteiger partial charge in [-0.2, -0.15) is 0 Å². The van der Waals surface area contributed by atoms with E-state index in [0.29, 0.717) is 22.7 Å². The summed E-state index contributed by atoms with van der Waals surface area (Å²) in [7, 11) is 1.54. The number of halogens is 1. The first-order valence-corrected chi connectivity index (χ1v) is 8.01. The second kappa shape index (κ2) is 6.76. The number of aromatic nitrogens is 3. The molecule has 1 N–H and O–H groups in total. The van der Waals surface area contributed by atoms with Gasteiger partial charge in [0, 0.05) is 35.2 Å². The van der Waals surface area contributed by atoms with Crippen molar-refractivity contribution in [3.05, 3.63) is 72.9 Å². The molecule has 3 aromatic heterocycles. The highest BCUT2D eigenvalue weighted by Gasteiger charge is 2.13. The Morgan fingerprint density at radius 2 is 1.85 bits per heavy atom. The van der Waals surface area contributed by atoms with Crippen molar-refractivity contribution in [3.63, 3.8) is 0 Å². The Morgan fingerprint density at radius 1 is 1.00 bits per heavy atom. The van der Waals surface area contributed by atoms with Crippen molar-refractivity contribution < 1.29 is 9.13 Å². The molecule has 1 aromatic carbocycles. The summed E-state index contributed by atoms with van der Waals surface area (Å²) in [5.41, 5.74) is 3.02. The molecule has 0 radical (unpaired) electrons. The molecule has 0 spiro atoms. The minimum Gasteiger partial charge on any atom is -0.497 e. The van der Waals surface area contributed by atoms with E-state index >= 15 is 0 Å². The first kappa shape index (κ1) is 16.0. The molecule has 0 aliphatic rings. The quantitative estimate of drug-likeness (QED) is 0.586. The van der Waals surface area contributed by atoms with Gasteiger partial charge in [-0.3, -0.25) is 4.98 Å². The van der Waals surface area contributed by atoms with Crippen LogP contribution in [0.1, 0.15) is 0 Å². The van der Waals surface area contributed by atoms with E-state index in [2.05, 4.69) is 20.3 Å². The largest absolute Gasteiger partial charge is 0.497 e. The van der Waals surface area contributed by atoms with Gasteiger partial charge in [-0.25, -0.2) is 14.4 Å². The molecule has 4 rings (SSSR count). The van der Waals surface area contributed by atoms with Crippen molar-refractivity contribution in [1.82, 2.24) is 15.0 Å². The van der Waals surface area contributed by atoms with Gasteiger partial charge in [0.05, 0.1) is 18.5 Å². The molecule has 0 bridgehead atoms. The summed E-state index contributed by atoms with van der Waals surface area (Å²) in [6.45, 7) is 0. The van der Waals surface area contributed by atoms with E-state index in [4.69, 9.17) is 4.74 Å². The van der Waals surface area contributed by atoms with Gasteiger partial charge < -0.3 is 10.1 Å². The van der Waals surface area contributed by atoms with Gasteiger partial charge in [-0.15, -0.1) is 0 Å². The number of nitrogens with one attached hydrogen (secondary N) is 1. The fourth-order valence-corrected chi connectivity index (χ4v) is 2.72. The van der Waals surface area contributed by atoms with Crippen molar-refractivity contribution in [2.75, 3.05) is 12.4 Å². The van der Waals surface area contributed by atoms with Gasteiger partial charge in [0.2, 0.25) is 0 Å². The normalized spacial score (nSPS) is 10.7. The molecule has 3 heterocycles. The summed E-state index contributed by atoms with van der Waals surface area (Å²) < 4.78 is 19.6. The Balaban J connectivity index is 1.89. The number of ether oxygens (including phenoxy) is 1. The Kier molecular flexibility index (Phi) is 4.15.